The number of rotatable bonds is 4. The van der Waals surface area contributed by atoms with Gasteiger partial charge in [0.05, 0.1) is 16.8 Å². The Hall–Kier alpha value is -2.83. The van der Waals surface area contributed by atoms with Crippen LogP contribution in [0.4, 0.5) is 10.6 Å². The molecule has 2 N–H and O–H groups in total. The number of aromatic nitrogens is 2. The van der Waals surface area contributed by atoms with Crippen LogP contribution in [0.1, 0.15) is 37.8 Å². The summed E-state index contributed by atoms with van der Waals surface area (Å²) in [7, 11) is 0. The Morgan fingerprint density at radius 1 is 1.27 bits per heavy atom. The third kappa shape index (κ3) is 3.05. The molecule has 2 fully saturated rings. The molecule has 7 heteroatoms. The molecule has 2 amide bonds. The highest BCUT2D eigenvalue weighted by atomic mass is 16.4. The van der Waals surface area contributed by atoms with Crippen molar-refractivity contribution in [3.8, 4) is 5.69 Å². The minimum atomic E-state index is -0.879. The van der Waals surface area contributed by atoms with Crippen LogP contribution in [0.25, 0.3) is 5.69 Å². The van der Waals surface area contributed by atoms with Crippen molar-refractivity contribution in [2.24, 2.45) is 5.41 Å². The van der Waals surface area contributed by atoms with E-state index in [0.717, 1.165) is 24.2 Å². The van der Waals surface area contributed by atoms with Gasteiger partial charge in [-0.1, -0.05) is 18.2 Å². The van der Waals surface area contributed by atoms with Gasteiger partial charge in [0.1, 0.15) is 5.82 Å². The molecule has 1 aromatic carbocycles. The zero-order valence-electron chi connectivity index (χ0n) is 14.7. The summed E-state index contributed by atoms with van der Waals surface area (Å²) in [5, 5.41) is 16.9. The summed E-state index contributed by atoms with van der Waals surface area (Å²) in [5.74, 6) is 0.225. The highest BCUT2D eigenvalue weighted by Crippen LogP contribution is 2.40. The first-order chi connectivity index (χ1) is 12.5. The van der Waals surface area contributed by atoms with E-state index in [9.17, 15) is 14.7 Å². The molecule has 2 heterocycles. The molecule has 2 aromatic rings. The second-order valence-corrected chi connectivity index (χ2v) is 7.44. The van der Waals surface area contributed by atoms with Gasteiger partial charge in [0.25, 0.3) is 0 Å². The molecule has 1 atom stereocenters. The number of hydrogen-bond acceptors (Lipinski definition) is 3. The molecule has 1 aromatic heterocycles. The van der Waals surface area contributed by atoms with E-state index in [1.165, 1.54) is 0 Å². The predicted molar refractivity (Wildman–Crippen MR) is 96.5 cm³/mol. The quantitative estimate of drug-likeness (QED) is 0.883. The van der Waals surface area contributed by atoms with Crippen LogP contribution < -0.4 is 5.32 Å². The molecule has 26 heavy (non-hydrogen) atoms. The predicted octanol–water partition coefficient (Wildman–Crippen LogP) is 3.08. The van der Waals surface area contributed by atoms with Crippen LogP contribution in [-0.2, 0) is 4.79 Å². The van der Waals surface area contributed by atoms with Gasteiger partial charge in [0.2, 0.25) is 0 Å². The topological polar surface area (TPSA) is 87.5 Å². The van der Waals surface area contributed by atoms with Gasteiger partial charge in [-0.3, -0.25) is 10.1 Å². The van der Waals surface area contributed by atoms with Crippen LogP contribution >= 0.6 is 0 Å². The Kier molecular flexibility index (Phi) is 3.94. The van der Waals surface area contributed by atoms with Crippen LogP contribution in [0.5, 0.6) is 0 Å². The van der Waals surface area contributed by atoms with Gasteiger partial charge in [-0.05, 0) is 38.3 Å². The maximum atomic E-state index is 12.7. The first-order valence-electron chi connectivity index (χ1n) is 8.91. The van der Waals surface area contributed by atoms with Crippen molar-refractivity contribution in [2.75, 3.05) is 18.4 Å². The standard InChI is InChI=1S/C19H22N4O3/c1-19(17(24)25)9-10-22(12-19)18(26)20-16-11-15(13-7-8-13)21-23(16)14-5-3-2-4-6-14/h2-6,11,13H,7-10,12H2,1H3,(H,20,26)(H,24,25). The molecule has 4 rings (SSSR count). The number of carboxylic acids is 1. The first-order valence-corrected chi connectivity index (χ1v) is 8.91. The lowest BCUT2D eigenvalue weighted by molar-refractivity contribution is -0.146. The lowest BCUT2D eigenvalue weighted by atomic mass is 9.90. The Bertz CT molecular complexity index is 844. The Morgan fingerprint density at radius 3 is 2.62 bits per heavy atom. The van der Waals surface area contributed by atoms with Crippen LogP contribution in [0.3, 0.4) is 0 Å². The summed E-state index contributed by atoms with van der Waals surface area (Å²) in [5.41, 5.74) is 0.989. The number of nitrogens with zero attached hydrogens (tertiary/aromatic N) is 3. The molecule has 1 unspecified atom stereocenters. The highest BCUT2D eigenvalue weighted by molar-refractivity contribution is 5.90. The van der Waals surface area contributed by atoms with Gasteiger partial charge in [-0.25, -0.2) is 9.48 Å². The van der Waals surface area contributed by atoms with E-state index < -0.39 is 11.4 Å². The first kappa shape index (κ1) is 16.6. The third-order valence-electron chi connectivity index (χ3n) is 5.24. The third-order valence-corrected chi connectivity index (χ3v) is 5.24. The summed E-state index contributed by atoms with van der Waals surface area (Å²) in [6, 6.07) is 11.3. The Balaban J connectivity index is 1.56. The molecule has 1 aliphatic carbocycles. The normalized spacial score (nSPS) is 22.4. The van der Waals surface area contributed by atoms with Crippen molar-refractivity contribution < 1.29 is 14.7 Å². The summed E-state index contributed by atoms with van der Waals surface area (Å²) in [4.78, 5) is 25.6. The fraction of sp³-hybridized carbons (Fsp3) is 0.421. The van der Waals surface area contributed by atoms with E-state index in [4.69, 9.17) is 0 Å². The van der Waals surface area contributed by atoms with Crippen molar-refractivity contribution in [3.63, 3.8) is 0 Å². The minimum Gasteiger partial charge on any atom is -0.481 e. The fourth-order valence-corrected chi connectivity index (χ4v) is 3.33. The summed E-state index contributed by atoms with van der Waals surface area (Å²) < 4.78 is 1.75. The smallest absolute Gasteiger partial charge is 0.323 e. The monoisotopic (exact) mass is 354 g/mol. The molecule has 7 nitrogen and oxygen atoms in total. The van der Waals surface area contributed by atoms with Crippen molar-refractivity contribution in [1.29, 1.82) is 0 Å². The largest absolute Gasteiger partial charge is 0.481 e. The number of likely N-dealkylation sites (tertiary alicyclic amines) is 1. The number of benzene rings is 1. The van der Waals surface area contributed by atoms with E-state index in [1.807, 2.05) is 36.4 Å². The zero-order chi connectivity index (χ0) is 18.3. The molecule has 0 spiro atoms. The molecular weight excluding hydrogens is 332 g/mol. The number of carbonyl (C=O) groups excluding carboxylic acids is 1. The van der Waals surface area contributed by atoms with Gasteiger partial charge in [-0.2, -0.15) is 5.10 Å². The number of carboxylic acid groups (broad SMARTS) is 1. The summed E-state index contributed by atoms with van der Waals surface area (Å²) >= 11 is 0. The van der Waals surface area contributed by atoms with Crippen LogP contribution in [0.15, 0.2) is 36.4 Å². The molecule has 136 valence electrons. The van der Waals surface area contributed by atoms with Gasteiger partial charge in [0, 0.05) is 25.1 Å². The highest BCUT2D eigenvalue weighted by Gasteiger charge is 2.42. The molecule has 2 aliphatic rings. The van der Waals surface area contributed by atoms with E-state index in [1.54, 1.807) is 16.5 Å². The van der Waals surface area contributed by atoms with E-state index >= 15 is 0 Å². The molecule has 1 aliphatic heterocycles. The lowest BCUT2D eigenvalue weighted by Crippen LogP contribution is -2.37. The van der Waals surface area contributed by atoms with E-state index in [-0.39, 0.29) is 12.6 Å². The van der Waals surface area contributed by atoms with Gasteiger partial charge in [0.15, 0.2) is 0 Å². The van der Waals surface area contributed by atoms with Gasteiger partial charge in [-0.15, -0.1) is 0 Å². The molecule has 0 bridgehead atoms. The molecular formula is C19H22N4O3. The molecule has 1 saturated carbocycles. The number of amides is 2. The number of carbonyl (C=O) groups is 2. The number of para-hydroxylation sites is 1. The van der Waals surface area contributed by atoms with Crippen molar-refractivity contribution >= 4 is 17.8 Å². The SMILES string of the molecule is CC1(C(=O)O)CCN(C(=O)Nc2cc(C3CC3)nn2-c2ccccc2)C1. The maximum Gasteiger partial charge on any atom is 0.323 e. The molecule has 0 radical (unpaired) electrons. The maximum absolute atomic E-state index is 12.7. The van der Waals surface area contributed by atoms with Crippen LogP contribution in [0, 0.1) is 5.41 Å². The zero-order valence-corrected chi connectivity index (χ0v) is 14.7. The number of urea groups is 1. The van der Waals surface area contributed by atoms with Crippen molar-refractivity contribution in [1.82, 2.24) is 14.7 Å². The lowest BCUT2D eigenvalue weighted by Gasteiger charge is -2.20. The molecule has 1 saturated heterocycles. The second kappa shape index (κ2) is 6.16. The number of anilines is 1. The van der Waals surface area contributed by atoms with E-state index in [0.29, 0.717) is 24.7 Å². The van der Waals surface area contributed by atoms with Crippen LogP contribution in [0.2, 0.25) is 0 Å². The number of aliphatic carboxylic acids is 1. The Morgan fingerprint density at radius 2 is 2.00 bits per heavy atom. The summed E-state index contributed by atoms with van der Waals surface area (Å²) in [6.07, 6.45) is 2.71. The second-order valence-electron chi connectivity index (χ2n) is 7.44. The summed E-state index contributed by atoms with van der Waals surface area (Å²) in [6.45, 7) is 2.33. The average Bonchev–Trinajstić information content (AvgIpc) is 3.27. The van der Waals surface area contributed by atoms with Gasteiger partial charge >= 0.3 is 12.0 Å². The number of nitrogens with one attached hydrogen (secondary N) is 1. The van der Waals surface area contributed by atoms with Crippen molar-refractivity contribution in [2.45, 2.75) is 32.1 Å². The van der Waals surface area contributed by atoms with Crippen LogP contribution in [-0.4, -0.2) is 44.9 Å². The average molecular weight is 354 g/mol. The van der Waals surface area contributed by atoms with Crippen molar-refractivity contribution in [3.05, 3.63) is 42.1 Å². The Labute approximate surface area is 151 Å². The minimum absolute atomic E-state index is 0.211. The fourth-order valence-electron chi connectivity index (χ4n) is 3.33. The number of hydrogen-bond donors (Lipinski definition) is 2. The van der Waals surface area contributed by atoms with Gasteiger partial charge < -0.3 is 10.0 Å². The van der Waals surface area contributed by atoms with E-state index in [2.05, 4.69) is 10.4 Å².